The minimum absolute atomic E-state index is 0.348. The number of hydrogen-bond donors (Lipinski definition) is 1. The Morgan fingerprint density at radius 1 is 1.50 bits per heavy atom. The third-order valence-corrected chi connectivity index (χ3v) is 3.20. The van der Waals surface area contributed by atoms with Crippen LogP contribution in [0.15, 0.2) is 30.6 Å². The van der Waals surface area contributed by atoms with Crippen LogP contribution in [0.4, 0.5) is 4.39 Å². The Kier molecular flexibility index (Phi) is 3.99. The van der Waals surface area contributed by atoms with E-state index in [0.717, 1.165) is 5.82 Å². The summed E-state index contributed by atoms with van der Waals surface area (Å²) >= 11 is 5.71. The van der Waals surface area contributed by atoms with E-state index in [-0.39, 0.29) is 11.9 Å². The monoisotopic (exact) mass is 267 g/mol. The van der Waals surface area contributed by atoms with Crippen molar-refractivity contribution < 1.29 is 4.39 Å². The summed E-state index contributed by atoms with van der Waals surface area (Å²) < 4.78 is 15.6. The molecule has 0 amide bonds. The van der Waals surface area contributed by atoms with E-state index >= 15 is 0 Å². The smallest absolute Gasteiger partial charge is 0.129 e. The standard InChI is InChI=1S/C13H15ClFN3/c1-18-7-6-17-13(18)5-4-12(16)10-3-2-9(14)8-11(10)15/h2-3,6-8,12H,4-5,16H2,1H3. The normalized spacial score (nSPS) is 12.7. The van der Waals surface area contributed by atoms with Gasteiger partial charge in [-0.1, -0.05) is 17.7 Å². The van der Waals surface area contributed by atoms with Crippen molar-refractivity contribution in [3.63, 3.8) is 0 Å². The number of hydrogen-bond acceptors (Lipinski definition) is 2. The quantitative estimate of drug-likeness (QED) is 0.926. The number of rotatable bonds is 4. The van der Waals surface area contributed by atoms with Gasteiger partial charge in [0.25, 0.3) is 0 Å². The van der Waals surface area contributed by atoms with Gasteiger partial charge in [-0.2, -0.15) is 0 Å². The molecule has 2 N–H and O–H groups in total. The maximum absolute atomic E-state index is 13.7. The highest BCUT2D eigenvalue weighted by Gasteiger charge is 2.12. The van der Waals surface area contributed by atoms with E-state index in [1.54, 1.807) is 18.3 Å². The lowest BCUT2D eigenvalue weighted by atomic mass is 10.0. The fourth-order valence-electron chi connectivity index (χ4n) is 1.88. The summed E-state index contributed by atoms with van der Waals surface area (Å²) in [6, 6.07) is 4.23. The van der Waals surface area contributed by atoms with E-state index in [4.69, 9.17) is 17.3 Å². The van der Waals surface area contributed by atoms with Crippen LogP contribution in [0.3, 0.4) is 0 Å². The van der Waals surface area contributed by atoms with Gasteiger partial charge in [-0.15, -0.1) is 0 Å². The molecule has 2 aromatic rings. The Morgan fingerprint density at radius 3 is 2.89 bits per heavy atom. The van der Waals surface area contributed by atoms with E-state index in [9.17, 15) is 4.39 Å². The first-order chi connectivity index (χ1) is 8.58. The Morgan fingerprint density at radius 2 is 2.28 bits per heavy atom. The van der Waals surface area contributed by atoms with Crippen LogP contribution in [0.2, 0.25) is 5.02 Å². The summed E-state index contributed by atoms with van der Waals surface area (Å²) in [6.45, 7) is 0. The van der Waals surface area contributed by atoms with Gasteiger partial charge in [0.2, 0.25) is 0 Å². The van der Waals surface area contributed by atoms with Crippen LogP contribution in [-0.2, 0) is 13.5 Å². The van der Waals surface area contributed by atoms with E-state index in [2.05, 4.69) is 4.98 Å². The highest BCUT2D eigenvalue weighted by molar-refractivity contribution is 6.30. The zero-order chi connectivity index (χ0) is 13.1. The van der Waals surface area contributed by atoms with E-state index in [1.165, 1.54) is 6.07 Å². The first kappa shape index (κ1) is 13.1. The lowest BCUT2D eigenvalue weighted by molar-refractivity contribution is 0.556. The van der Waals surface area contributed by atoms with Gasteiger partial charge in [0.1, 0.15) is 11.6 Å². The Bertz CT molecular complexity index is 539. The second-order valence-corrected chi connectivity index (χ2v) is 4.70. The largest absolute Gasteiger partial charge is 0.338 e. The second-order valence-electron chi connectivity index (χ2n) is 4.27. The molecule has 1 unspecified atom stereocenters. The molecular formula is C13H15ClFN3. The number of aromatic nitrogens is 2. The fraction of sp³-hybridized carbons (Fsp3) is 0.308. The van der Waals surface area contributed by atoms with Gasteiger partial charge in [0, 0.05) is 42.5 Å². The molecular weight excluding hydrogens is 253 g/mol. The number of nitrogens with zero attached hydrogens (tertiary/aromatic N) is 2. The van der Waals surface area contributed by atoms with Gasteiger partial charge in [-0.25, -0.2) is 9.37 Å². The van der Waals surface area contributed by atoms with Crippen molar-refractivity contribution in [2.24, 2.45) is 12.8 Å². The molecule has 1 heterocycles. The summed E-state index contributed by atoms with van der Waals surface area (Å²) in [4.78, 5) is 4.21. The van der Waals surface area contributed by atoms with E-state index < -0.39 is 0 Å². The molecule has 5 heteroatoms. The average Bonchev–Trinajstić information content (AvgIpc) is 2.72. The van der Waals surface area contributed by atoms with Crippen molar-refractivity contribution in [1.29, 1.82) is 0 Å². The van der Waals surface area contributed by atoms with Crippen LogP contribution in [-0.4, -0.2) is 9.55 Å². The van der Waals surface area contributed by atoms with Gasteiger partial charge in [-0.3, -0.25) is 0 Å². The molecule has 1 atom stereocenters. The third kappa shape index (κ3) is 2.89. The molecule has 1 aromatic heterocycles. The molecule has 0 aliphatic heterocycles. The number of halogens is 2. The summed E-state index contributed by atoms with van der Waals surface area (Å²) in [5.74, 6) is 0.592. The van der Waals surface area contributed by atoms with Gasteiger partial charge < -0.3 is 10.3 Å². The number of benzene rings is 1. The summed E-state index contributed by atoms with van der Waals surface area (Å²) in [5, 5.41) is 0.382. The first-order valence-corrected chi connectivity index (χ1v) is 6.12. The van der Waals surface area contributed by atoms with Crippen LogP contribution in [0, 0.1) is 5.82 Å². The van der Waals surface area contributed by atoms with Crippen molar-refractivity contribution in [1.82, 2.24) is 9.55 Å². The molecule has 0 aliphatic rings. The molecule has 0 fully saturated rings. The average molecular weight is 268 g/mol. The van der Waals surface area contributed by atoms with E-state index in [0.29, 0.717) is 23.4 Å². The maximum Gasteiger partial charge on any atom is 0.129 e. The first-order valence-electron chi connectivity index (χ1n) is 5.74. The minimum atomic E-state index is -0.352. The highest BCUT2D eigenvalue weighted by atomic mass is 35.5. The predicted molar refractivity (Wildman–Crippen MR) is 69.9 cm³/mol. The summed E-state index contributed by atoms with van der Waals surface area (Å²) in [7, 11) is 1.93. The molecule has 0 saturated carbocycles. The molecule has 0 aliphatic carbocycles. The topological polar surface area (TPSA) is 43.8 Å². The fourth-order valence-corrected chi connectivity index (χ4v) is 2.04. The van der Waals surface area contributed by atoms with Crippen LogP contribution >= 0.6 is 11.6 Å². The molecule has 3 nitrogen and oxygen atoms in total. The zero-order valence-electron chi connectivity index (χ0n) is 10.1. The van der Waals surface area contributed by atoms with E-state index in [1.807, 2.05) is 17.8 Å². The van der Waals surface area contributed by atoms with Crippen molar-refractivity contribution in [3.05, 3.63) is 52.8 Å². The van der Waals surface area contributed by atoms with Gasteiger partial charge >= 0.3 is 0 Å². The Labute approximate surface area is 110 Å². The SMILES string of the molecule is Cn1ccnc1CCC(N)c1ccc(Cl)cc1F. The third-order valence-electron chi connectivity index (χ3n) is 2.96. The van der Waals surface area contributed by atoms with Crippen molar-refractivity contribution in [2.45, 2.75) is 18.9 Å². The minimum Gasteiger partial charge on any atom is -0.338 e. The molecule has 1 aromatic carbocycles. The van der Waals surface area contributed by atoms with Crippen molar-refractivity contribution in [2.75, 3.05) is 0 Å². The van der Waals surface area contributed by atoms with Crippen LogP contribution in [0.25, 0.3) is 0 Å². The maximum atomic E-state index is 13.7. The number of imidazole rings is 1. The highest BCUT2D eigenvalue weighted by Crippen LogP contribution is 2.22. The van der Waals surface area contributed by atoms with Crippen molar-refractivity contribution in [3.8, 4) is 0 Å². The predicted octanol–water partition coefficient (Wildman–Crippen LogP) is 2.85. The molecule has 96 valence electrons. The lowest BCUT2D eigenvalue weighted by Crippen LogP contribution is -2.14. The number of nitrogens with two attached hydrogens (primary N) is 1. The molecule has 2 rings (SSSR count). The summed E-state index contributed by atoms with van der Waals surface area (Å²) in [6.07, 6.45) is 4.98. The molecule has 18 heavy (non-hydrogen) atoms. The van der Waals surface area contributed by atoms with Gasteiger partial charge in [-0.05, 0) is 18.6 Å². The van der Waals surface area contributed by atoms with Crippen molar-refractivity contribution >= 4 is 11.6 Å². The summed E-state index contributed by atoms with van der Waals surface area (Å²) in [5.41, 5.74) is 6.49. The van der Waals surface area contributed by atoms with Crippen LogP contribution in [0.5, 0.6) is 0 Å². The Hall–Kier alpha value is -1.39. The molecule has 0 radical (unpaired) electrons. The number of aryl methyl sites for hydroxylation is 2. The molecule has 0 saturated heterocycles. The van der Waals surface area contributed by atoms with Gasteiger partial charge in [0.05, 0.1) is 0 Å². The van der Waals surface area contributed by atoms with Gasteiger partial charge in [0.15, 0.2) is 0 Å². The second kappa shape index (κ2) is 5.50. The molecule has 0 bridgehead atoms. The Balaban J connectivity index is 2.03. The lowest BCUT2D eigenvalue weighted by Gasteiger charge is -2.13. The molecule has 0 spiro atoms. The zero-order valence-corrected chi connectivity index (χ0v) is 10.9. The van der Waals surface area contributed by atoms with Crippen LogP contribution < -0.4 is 5.73 Å². The van der Waals surface area contributed by atoms with Crippen LogP contribution in [0.1, 0.15) is 23.9 Å².